The fraction of sp³-hybridized carbons (Fsp3) is 0.296. The number of hydrogen-bond donors (Lipinski definition) is 2. The normalized spacial score (nSPS) is 31.0. The van der Waals surface area contributed by atoms with Crippen LogP contribution in [0.2, 0.25) is 0 Å². The molecule has 0 radical (unpaired) electrons. The lowest BCUT2D eigenvalue weighted by Crippen LogP contribution is -2.62. The van der Waals surface area contributed by atoms with Gasteiger partial charge in [0.25, 0.3) is 5.91 Å². The zero-order valence-corrected chi connectivity index (χ0v) is 19.4. The topological polar surface area (TPSA) is 78.5 Å². The molecule has 0 unspecified atom stereocenters. The molecule has 4 atom stereocenters. The standard InChI is InChI=1S/C27H23N3O3S/c1-15-10-11-19-17(14-15)27(25(33)29-19)26(16-6-2-3-7-18(16)28-24(26)32)22(20-8-4-12-30(20)27)23(31)21-9-5-13-34-21/h2-3,5-7,9-11,13-14,20,22H,4,8,12H2,1H3,(H,28,32)(H,29,33)/t20-,22-,26+,27+/m0/s1. The zero-order chi connectivity index (χ0) is 23.2. The Balaban J connectivity index is 1.62. The summed E-state index contributed by atoms with van der Waals surface area (Å²) in [6.45, 7) is 2.66. The number of nitrogens with one attached hydrogen (secondary N) is 2. The highest BCUT2D eigenvalue weighted by atomic mass is 32.1. The van der Waals surface area contributed by atoms with Gasteiger partial charge in [-0.2, -0.15) is 0 Å². The first-order valence-corrected chi connectivity index (χ1v) is 12.6. The van der Waals surface area contributed by atoms with Crippen LogP contribution in [0.1, 0.15) is 39.2 Å². The van der Waals surface area contributed by atoms with Gasteiger partial charge in [-0.1, -0.05) is 42.0 Å². The summed E-state index contributed by atoms with van der Waals surface area (Å²) in [4.78, 5) is 45.6. The van der Waals surface area contributed by atoms with Gasteiger partial charge in [0.15, 0.2) is 5.78 Å². The van der Waals surface area contributed by atoms with E-state index in [4.69, 9.17) is 0 Å². The lowest BCUT2D eigenvalue weighted by Gasteiger charge is -2.43. The van der Waals surface area contributed by atoms with Crippen LogP contribution in [-0.2, 0) is 20.5 Å². The Hall–Kier alpha value is -3.29. The van der Waals surface area contributed by atoms with E-state index in [-0.39, 0.29) is 23.6 Å². The number of amides is 2. The van der Waals surface area contributed by atoms with Crippen LogP contribution in [0.15, 0.2) is 60.0 Å². The molecule has 0 bridgehead atoms. The van der Waals surface area contributed by atoms with Gasteiger partial charge in [0, 0.05) is 23.0 Å². The lowest BCUT2D eigenvalue weighted by atomic mass is 9.57. The molecule has 34 heavy (non-hydrogen) atoms. The molecule has 0 saturated carbocycles. The number of ketones is 1. The molecule has 2 saturated heterocycles. The summed E-state index contributed by atoms with van der Waals surface area (Å²) in [5.41, 5.74) is 1.32. The first-order valence-electron chi connectivity index (χ1n) is 11.7. The second-order valence-corrected chi connectivity index (χ2v) is 10.7. The number of aryl methyl sites for hydroxylation is 1. The van der Waals surface area contributed by atoms with Gasteiger partial charge in [-0.25, -0.2) is 0 Å². The van der Waals surface area contributed by atoms with Crippen molar-refractivity contribution in [1.82, 2.24) is 4.90 Å². The van der Waals surface area contributed by atoms with E-state index in [0.717, 1.165) is 35.2 Å². The molecule has 170 valence electrons. The van der Waals surface area contributed by atoms with Crippen molar-refractivity contribution in [2.45, 2.75) is 36.8 Å². The van der Waals surface area contributed by atoms with E-state index in [1.54, 1.807) is 0 Å². The molecule has 7 rings (SSSR count). The number of anilines is 2. The van der Waals surface area contributed by atoms with Gasteiger partial charge in [-0.3, -0.25) is 19.3 Å². The van der Waals surface area contributed by atoms with E-state index >= 15 is 0 Å². The minimum Gasteiger partial charge on any atom is -0.325 e. The third-order valence-electron chi connectivity index (χ3n) is 8.30. The minimum atomic E-state index is -1.36. The van der Waals surface area contributed by atoms with Crippen molar-refractivity contribution < 1.29 is 14.4 Å². The Morgan fingerprint density at radius 2 is 1.79 bits per heavy atom. The average Bonchev–Trinajstić information content (AvgIpc) is 3.62. The van der Waals surface area contributed by atoms with E-state index in [1.807, 2.05) is 66.9 Å². The van der Waals surface area contributed by atoms with Crippen molar-refractivity contribution >= 4 is 40.3 Å². The minimum absolute atomic E-state index is 0.0514. The number of carbonyl (C=O) groups excluding carboxylic acids is 3. The number of nitrogens with zero attached hydrogens (tertiary/aromatic N) is 1. The number of hydrogen-bond acceptors (Lipinski definition) is 5. The molecule has 3 aromatic rings. The quantitative estimate of drug-likeness (QED) is 0.555. The maximum Gasteiger partial charge on any atom is 0.251 e. The van der Waals surface area contributed by atoms with Gasteiger partial charge < -0.3 is 10.6 Å². The van der Waals surface area contributed by atoms with Crippen LogP contribution < -0.4 is 10.6 Å². The molecule has 4 aliphatic heterocycles. The van der Waals surface area contributed by atoms with Crippen molar-refractivity contribution in [1.29, 1.82) is 0 Å². The van der Waals surface area contributed by atoms with Crippen LogP contribution in [0, 0.1) is 12.8 Å². The maximum absolute atomic E-state index is 14.3. The number of rotatable bonds is 2. The summed E-state index contributed by atoms with van der Waals surface area (Å²) < 4.78 is 0. The molecule has 1 aromatic heterocycles. The molecule has 2 aromatic carbocycles. The number of carbonyl (C=O) groups is 3. The van der Waals surface area contributed by atoms with E-state index in [9.17, 15) is 14.4 Å². The molecule has 6 nitrogen and oxygen atoms in total. The van der Waals surface area contributed by atoms with Crippen LogP contribution in [0.5, 0.6) is 0 Å². The summed E-state index contributed by atoms with van der Waals surface area (Å²) in [5.74, 6) is -1.20. The molecule has 2 spiro atoms. The van der Waals surface area contributed by atoms with Gasteiger partial charge in [0.05, 0.1) is 10.8 Å². The Labute approximate surface area is 201 Å². The highest BCUT2D eigenvalue weighted by Crippen LogP contribution is 2.67. The molecule has 5 heterocycles. The van der Waals surface area contributed by atoms with Crippen LogP contribution >= 0.6 is 11.3 Å². The molecule has 2 amide bonds. The van der Waals surface area contributed by atoms with Crippen LogP contribution in [-0.4, -0.2) is 35.1 Å². The van der Waals surface area contributed by atoms with Crippen LogP contribution in [0.25, 0.3) is 0 Å². The first kappa shape index (κ1) is 20.1. The van der Waals surface area contributed by atoms with Gasteiger partial charge in [0.1, 0.15) is 11.0 Å². The number of para-hydroxylation sites is 1. The zero-order valence-electron chi connectivity index (χ0n) is 18.6. The van der Waals surface area contributed by atoms with E-state index in [2.05, 4.69) is 15.5 Å². The number of thiophene rings is 1. The third-order valence-corrected chi connectivity index (χ3v) is 9.18. The van der Waals surface area contributed by atoms with E-state index in [0.29, 0.717) is 17.1 Å². The van der Waals surface area contributed by atoms with Crippen molar-refractivity contribution in [2.24, 2.45) is 5.92 Å². The van der Waals surface area contributed by atoms with E-state index < -0.39 is 16.9 Å². The number of fused-ring (bicyclic) bond motifs is 7. The predicted octanol–water partition coefficient (Wildman–Crippen LogP) is 4.07. The summed E-state index contributed by atoms with van der Waals surface area (Å²) in [6.07, 6.45) is 1.66. The Kier molecular flexibility index (Phi) is 3.93. The lowest BCUT2D eigenvalue weighted by molar-refractivity contribution is -0.137. The highest BCUT2D eigenvalue weighted by molar-refractivity contribution is 7.12. The largest absolute Gasteiger partial charge is 0.325 e. The summed E-state index contributed by atoms with van der Waals surface area (Å²) in [6, 6.07) is 17.0. The monoisotopic (exact) mass is 469 g/mol. The number of benzene rings is 2. The highest BCUT2D eigenvalue weighted by Gasteiger charge is 2.81. The second kappa shape index (κ2) is 6.64. The fourth-order valence-corrected chi connectivity index (χ4v) is 7.97. The van der Waals surface area contributed by atoms with Crippen LogP contribution in [0.4, 0.5) is 11.4 Å². The van der Waals surface area contributed by atoms with Gasteiger partial charge >= 0.3 is 0 Å². The third kappa shape index (κ3) is 2.09. The molecule has 2 N–H and O–H groups in total. The average molecular weight is 470 g/mol. The Morgan fingerprint density at radius 3 is 2.62 bits per heavy atom. The maximum atomic E-state index is 14.3. The van der Waals surface area contributed by atoms with Gasteiger partial charge in [0.2, 0.25) is 5.91 Å². The smallest absolute Gasteiger partial charge is 0.251 e. The second-order valence-electron chi connectivity index (χ2n) is 9.74. The first-order chi connectivity index (χ1) is 16.5. The molecular formula is C27H23N3O3S. The Bertz CT molecular complexity index is 1400. The predicted molar refractivity (Wildman–Crippen MR) is 130 cm³/mol. The van der Waals surface area contributed by atoms with Gasteiger partial charge in [-0.15, -0.1) is 11.3 Å². The summed E-state index contributed by atoms with van der Waals surface area (Å²) in [5, 5.41) is 8.06. The van der Waals surface area contributed by atoms with Crippen molar-refractivity contribution in [2.75, 3.05) is 17.2 Å². The van der Waals surface area contributed by atoms with Gasteiger partial charge in [-0.05, 0) is 55.5 Å². The van der Waals surface area contributed by atoms with E-state index in [1.165, 1.54) is 11.3 Å². The van der Waals surface area contributed by atoms with Crippen LogP contribution in [0.3, 0.4) is 0 Å². The molecular weight excluding hydrogens is 446 g/mol. The fourth-order valence-electron chi connectivity index (χ4n) is 7.26. The Morgan fingerprint density at radius 1 is 1.00 bits per heavy atom. The molecule has 0 aliphatic carbocycles. The molecule has 2 fully saturated rings. The SMILES string of the molecule is Cc1ccc2c(c1)[C@]1(C(=O)N2)N2CCC[C@H]2[C@@H](C(=O)c2cccs2)[C@]12C(=O)Nc1ccccc12. The molecule has 7 heteroatoms. The summed E-state index contributed by atoms with van der Waals surface area (Å²) in [7, 11) is 0. The van der Waals surface area contributed by atoms with Crippen molar-refractivity contribution in [3.05, 3.63) is 81.5 Å². The number of Topliss-reactive ketones (excluding diaryl/α,β-unsaturated/α-hetero) is 1. The van der Waals surface area contributed by atoms with Crippen molar-refractivity contribution in [3.8, 4) is 0 Å². The molecule has 4 aliphatic rings. The van der Waals surface area contributed by atoms with Crippen molar-refractivity contribution in [3.63, 3.8) is 0 Å². The summed E-state index contributed by atoms with van der Waals surface area (Å²) >= 11 is 1.40.